The number of rotatable bonds is 5. The summed E-state index contributed by atoms with van der Waals surface area (Å²) in [6.45, 7) is 11.0. The van der Waals surface area contributed by atoms with Crippen LogP contribution >= 0.6 is 0 Å². The predicted octanol–water partition coefficient (Wildman–Crippen LogP) is 3.24. The summed E-state index contributed by atoms with van der Waals surface area (Å²) in [5.74, 6) is 0. The molecule has 0 saturated heterocycles. The highest BCUT2D eigenvalue weighted by Gasteiger charge is 2.15. The van der Waals surface area contributed by atoms with Crippen LogP contribution in [0.15, 0.2) is 17.8 Å². The Balaban J connectivity index is 3.88. The van der Waals surface area contributed by atoms with Gasteiger partial charge in [0.2, 0.25) is 0 Å². The SMILES string of the molecule is C=CCCCC(C)=NNC(=O)OC(C)(C)C. The molecule has 1 amide bonds. The molecule has 0 radical (unpaired) electrons. The highest BCUT2D eigenvalue weighted by Crippen LogP contribution is 2.06. The zero-order valence-corrected chi connectivity index (χ0v) is 10.7. The van der Waals surface area contributed by atoms with E-state index in [-0.39, 0.29) is 0 Å². The van der Waals surface area contributed by atoms with E-state index in [0.29, 0.717) is 0 Å². The molecule has 0 aromatic rings. The Labute approximate surface area is 97.8 Å². The Hall–Kier alpha value is -1.32. The standard InChI is InChI=1S/C12H22N2O2/c1-6-7-8-9-10(2)13-14-11(15)16-12(3,4)5/h6H,1,7-9H2,2-5H3,(H,14,15). The van der Waals surface area contributed by atoms with Gasteiger partial charge in [-0.3, -0.25) is 0 Å². The molecule has 0 saturated carbocycles. The minimum atomic E-state index is -0.518. The summed E-state index contributed by atoms with van der Waals surface area (Å²) in [6, 6.07) is 0. The van der Waals surface area contributed by atoms with E-state index >= 15 is 0 Å². The molecule has 0 heterocycles. The average molecular weight is 226 g/mol. The minimum Gasteiger partial charge on any atom is -0.443 e. The summed E-state index contributed by atoms with van der Waals surface area (Å²) in [5, 5.41) is 3.94. The molecule has 0 rings (SSSR count). The van der Waals surface area contributed by atoms with Gasteiger partial charge in [0.1, 0.15) is 5.60 Å². The molecule has 0 unspecified atom stereocenters. The van der Waals surface area contributed by atoms with Gasteiger partial charge in [0.05, 0.1) is 0 Å². The lowest BCUT2D eigenvalue weighted by atomic mass is 10.2. The maximum atomic E-state index is 11.2. The van der Waals surface area contributed by atoms with Crippen LogP contribution < -0.4 is 5.43 Å². The fourth-order valence-corrected chi connectivity index (χ4v) is 1.00. The van der Waals surface area contributed by atoms with Crippen LogP contribution in [0.25, 0.3) is 0 Å². The van der Waals surface area contributed by atoms with Crippen molar-refractivity contribution in [2.45, 2.75) is 52.6 Å². The van der Waals surface area contributed by atoms with Crippen LogP contribution in [0.5, 0.6) is 0 Å². The van der Waals surface area contributed by atoms with Gasteiger partial charge in [-0.05, 0) is 47.0 Å². The third-order valence-corrected chi connectivity index (χ3v) is 1.68. The van der Waals surface area contributed by atoms with Gasteiger partial charge in [0.15, 0.2) is 0 Å². The van der Waals surface area contributed by atoms with Crippen LogP contribution in [0.4, 0.5) is 4.79 Å². The summed E-state index contributed by atoms with van der Waals surface area (Å²) in [5.41, 5.74) is 2.76. The fraction of sp³-hybridized carbons (Fsp3) is 0.667. The number of amides is 1. The summed E-state index contributed by atoms with van der Waals surface area (Å²) in [6.07, 6.45) is 4.15. The van der Waals surface area contributed by atoms with E-state index in [9.17, 15) is 4.79 Å². The second-order valence-corrected chi connectivity index (χ2v) is 4.64. The first kappa shape index (κ1) is 14.7. The van der Waals surface area contributed by atoms with Crippen LogP contribution in [0.1, 0.15) is 47.0 Å². The lowest BCUT2D eigenvalue weighted by Crippen LogP contribution is -2.30. The van der Waals surface area contributed by atoms with E-state index in [2.05, 4.69) is 17.1 Å². The zero-order valence-electron chi connectivity index (χ0n) is 10.7. The summed E-state index contributed by atoms with van der Waals surface area (Å²) < 4.78 is 5.04. The number of nitrogens with one attached hydrogen (secondary N) is 1. The Morgan fingerprint density at radius 3 is 2.62 bits per heavy atom. The molecule has 0 spiro atoms. The Morgan fingerprint density at radius 2 is 2.12 bits per heavy atom. The van der Waals surface area contributed by atoms with Gasteiger partial charge in [-0.2, -0.15) is 5.10 Å². The number of allylic oxidation sites excluding steroid dienone is 1. The van der Waals surface area contributed by atoms with Crippen molar-refractivity contribution in [3.63, 3.8) is 0 Å². The highest BCUT2D eigenvalue weighted by atomic mass is 16.6. The molecule has 16 heavy (non-hydrogen) atoms. The fourth-order valence-electron chi connectivity index (χ4n) is 1.00. The molecule has 0 aromatic heterocycles. The molecule has 4 heteroatoms. The number of unbranched alkanes of at least 4 members (excludes halogenated alkanes) is 1. The molecular weight excluding hydrogens is 204 g/mol. The quantitative estimate of drug-likeness (QED) is 0.338. The van der Waals surface area contributed by atoms with Gasteiger partial charge in [-0.15, -0.1) is 6.58 Å². The van der Waals surface area contributed by atoms with Crippen LogP contribution in [0.3, 0.4) is 0 Å². The maximum Gasteiger partial charge on any atom is 0.428 e. The Morgan fingerprint density at radius 1 is 1.50 bits per heavy atom. The molecule has 0 aliphatic rings. The van der Waals surface area contributed by atoms with Gasteiger partial charge >= 0.3 is 6.09 Å². The van der Waals surface area contributed by atoms with E-state index in [1.165, 1.54) is 0 Å². The molecular formula is C12H22N2O2. The minimum absolute atomic E-state index is 0.490. The topological polar surface area (TPSA) is 50.7 Å². The predicted molar refractivity (Wildman–Crippen MR) is 66.5 cm³/mol. The maximum absolute atomic E-state index is 11.2. The lowest BCUT2D eigenvalue weighted by Gasteiger charge is -2.18. The van der Waals surface area contributed by atoms with Crippen molar-refractivity contribution < 1.29 is 9.53 Å². The van der Waals surface area contributed by atoms with Crippen molar-refractivity contribution in [1.29, 1.82) is 0 Å². The second-order valence-electron chi connectivity index (χ2n) is 4.64. The van der Waals surface area contributed by atoms with Crippen LogP contribution in [0, 0.1) is 0 Å². The van der Waals surface area contributed by atoms with Gasteiger partial charge in [-0.1, -0.05) is 6.08 Å². The Kier molecular flexibility index (Phi) is 6.46. The third-order valence-electron chi connectivity index (χ3n) is 1.68. The molecule has 0 aromatic carbocycles. The monoisotopic (exact) mass is 226 g/mol. The average Bonchev–Trinajstić information content (AvgIpc) is 2.12. The number of ether oxygens (including phenoxy) is 1. The van der Waals surface area contributed by atoms with Crippen molar-refractivity contribution in [2.75, 3.05) is 0 Å². The smallest absolute Gasteiger partial charge is 0.428 e. The number of carbonyl (C=O) groups excluding carboxylic acids is 1. The largest absolute Gasteiger partial charge is 0.443 e. The van der Waals surface area contributed by atoms with Gasteiger partial charge in [0.25, 0.3) is 0 Å². The van der Waals surface area contributed by atoms with E-state index in [1.54, 1.807) is 0 Å². The normalized spacial score (nSPS) is 12.1. The molecule has 0 aliphatic heterocycles. The molecule has 0 aliphatic carbocycles. The first-order valence-electron chi connectivity index (χ1n) is 5.48. The third kappa shape index (κ3) is 9.24. The summed E-state index contributed by atoms with van der Waals surface area (Å²) in [7, 11) is 0. The van der Waals surface area contributed by atoms with E-state index < -0.39 is 11.7 Å². The number of nitrogens with zero attached hydrogens (tertiary/aromatic N) is 1. The summed E-state index contributed by atoms with van der Waals surface area (Å²) in [4.78, 5) is 11.2. The Bertz CT molecular complexity index is 265. The first-order valence-corrected chi connectivity index (χ1v) is 5.48. The molecule has 1 N–H and O–H groups in total. The number of hydrazone groups is 1. The van der Waals surface area contributed by atoms with Crippen molar-refractivity contribution in [3.05, 3.63) is 12.7 Å². The first-order chi connectivity index (χ1) is 7.35. The van der Waals surface area contributed by atoms with E-state index in [4.69, 9.17) is 4.74 Å². The van der Waals surface area contributed by atoms with Crippen LogP contribution in [-0.2, 0) is 4.74 Å². The van der Waals surface area contributed by atoms with Gasteiger partial charge < -0.3 is 4.74 Å². The number of carbonyl (C=O) groups is 1. The molecule has 92 valence electrons. The molecule has 0 bridgehead atoms. The zero-order chi connectivity index (χ0) is 12.6. The van der Waals surface area contributed by atoms with Crippen LogP contribution in [-0.4, -0.2) is 17.4 Å². The molecule has 0 fully saturated rings. The van der Waals surface area contributed by atoms with E-state index in [0.717, 1.165) is 25.0 Å². The van der Waals surface area contributed by atoms with E-state index in [1.807, 2.05) is 33.8 Å². The van der Waals surface area contributed by atoms with Crippen molar-refractivity contribution >= 4 is 11.8 Å². The van der Waals surface area contributed by atoms with Crippen molar-refractivity contribution in [1.82, 2.24) is 5.43 Å². The summed E-state index contributed by atoms with van der Waals surface area (Å²) >= 11 is 0. The second kappa shape index (κ2) is 7.04. The number of hydrogen-bond acceptors (Lipinski definition) is 3. The van der Waals surface area contributed by atoms with Gasteiger partial charge in [0, 0.05) is 5.71 Å². The van der Waals surface area contributed by atoms with Crippen LogP contribution in [0.2, 0.25) is 0 Å². The highest BCUT2D eigenvalue weighted by molar-refractivity contribution is 5.83. The van der Waals surface area contributed by atoms with Crippen molar-refractivity contribution in [3.8, 4) is 0 Å². The van der Waals surface area contributed by atoms with Gasteiger partial charge in [-0.25, -0.2) is 10.2 Å². The lowest BCUT2D eigenvalue weighted by molar-refractivity contribution is 0.0529. The molecule has 4 nitrogen and oxygen atoms in total. The molecule has 0 atom stereocenters. The van der Waals surface area contributed by atoms with Crippen molar-refractivity contribution in [2.24, 2.45) is 5.10 Å². The number of hydrogen-bond donors (Lipinski definition) is 1.